The Morgan fingerprint density at radius 3 is 2.67 bits per heavy atom. The molecule has 52 valence electrons. The van der Waals surface area contributed by atoms with Crippen molar-refractivity contribution in [2.45, 2.75) is 31.8 Å². The lowest BCUT2D eigenvalue weighted by Gasteiger charge is -2.21. The fraction of sp³-hybridized carbons (Fsp3) is 0.750. The zero-order valence-corrected chi connectivity index (χ0v) is 5.93. The molecule has 1 N–H and O–H groups in total. The Labute approximate surface area is 56.4 Å². The highest BCUT2D eigenvalue weighted by Gasteiger charge is 2.34. The lowest BCUT2D eigenvalue weighted by Crippen LogP contribution is -2.26. The molecule has 0 aromatic carbocycles. The second-order valence-electron chi connectivity index (χ2n) is 3.09. The van der Waals surface area contributed by atoms with Gasteiger partial charge in [-0.2, -0.15) is 0 Å². The van der Waals surface area contributed by atoms with Gasteiger partial charge in [-0.25, -0.2) is 0 Å². The number of aliphatic hydroxyl groups is 1. The van der Waals surface area contributed by atoms with Gasteiger partial charge in [-0.3, -0.25) is 0 Å². The van der Waals surface area contributed by atoms with Gasteiger partial charge in [0, 0.05) is 5.92 Å². The van der Waals surface area contributed by atoms with Crippen molar-refractivity contribution < 1.29 is 5.11 Å². The van der Waals surface area contributed by atoms with Gasteiger partial charge in [0.15, 0.2) is 0 Å². The number of hydrogen-bond donors (Lipinski definition) is 1. The largest absolute Gasteiger partial charge is 0.390 e. The molecule has 0 amide bonds. The fourth-order valence-corrected chi connectivity index (χ4v) is 1.55. The highest BCUT2D eigenvalue weighted by atomic mass is 16.3. The molecule has 1 aliphatic rings. The summed E-state index contributed by atoms with van der Waals surface area (Å²) in [6.45, 7) is 5.57. The lowest BCUT2D eigenvalue weighted by molar-refractivity contribution is 0.0390. The zero-order valence-electron chi connectivity index (χ0n) is 5.93. The van der Waals surface area contributed by atoms with Gasteiger partial charge in [0.2, 0.25) is 0 Å². The normalized spacial score (nSPS) is 43.1. The SMILES string of the molecule is C=CC1CCCC1(C)O. The van der Waals surface area contributed by atoms with Crippen LogP contribution in [0.5, 0.6) is 0 Å². The Kier molecular flexibility index (Phi) is 1.62. The Morgan fingerprint density at radius 2 is 2.44 bits per heavy atom. The van der Waals surface area contributed by atoms with Crippen molar-refractivity contribution in [3.63, 3.8) is 0 Å². The summed E-state index contributed by atoms with van der Waals surface area (Å²) in [5, 5.41) is 9.58. The zero-order chi connectivity index (χ0) is 6.91. The van der Waals surface area contributed by atoms with Gasteiger partial charge >= 0.3 is 0 Å². The summed E-state index contributed by atoms with van der Waals surface area (Å²) in [5.41, 5.74) is -0.457. The van der Waals surface area contributed by atoms with Crippen molar-refractivity contribution in [1.82, 2.24) is 0 Å². The van der Waals surface area contributed by atoms with Crippen LogP contribution in [0.1, 0.15) is 26.2 Å². The highest BCUT2D eigenvalue weighted by Crippen LogP contribution is 2.35. The van der Waals surface area contributed by atoms with Crippen LogP contribution >= 0.6 is 0 Å². The van der Waals surface area contributed by atoms with Crippen LogP contribution in [-0.4, -0.2) is 10.7 Å². The van der Waals surface area contributed by atoms with Crippen LogP contribution in [0.15, 0.2) is 12.7 Å². The maximum absolute atomic E-state index is 9.58. The second-order valence-corrected chi connectivity index (χ2v) is 3.09. The van der Waals surface area contributed by atoms with Gasteiger partial charge in [-0.05, 0) is 26.2 Å². The van der Waals surface area contributed by atoms with Crippen LogP contribution in [0.4, 0.5) is 0 Å². The van der Waals surface area contributed by atoms with E-state index in [1.54, 1.807) is 0 Å². The minimum atomic E-state index is -0.457. The van der Waals surface area contributed by atoms with Crippen molar-refractivity contribution in [3.05, 3.63) is 12.7 Å². The van der Waals surface area contributed by atoms with Crippen LogP contribution in [0, 0.1) is 5.92 Å². The molecule has 0 spiro atoms. The third kappa shape index (κ3) is 1.16. The molecule has 1 heteroatoms. The Hall–Kier alpha value is -0.300. The van der Waals surface area contributed by atoms with E-state index < -0.39 is 5.60 Å². The minimum Gasteiger partial charge on any atom is -0.390 e. The first-order chi connectivity index (χ1) is 4.17. The topological polar surface area (TPSA) is 20.2 Å². The number of hydrogen-bond acceptors (Lipinski definition) is 1. The molecule has 0 heterocycles. The van der Waals surface area contributed by atoms with Crippen molar-refractivity contribution in [1.29, 1.82) is 0 Å². The van der Waals surface area contributed by atoms with Crippen LogP contribution in [0.2, 0.25) is 0 Å². The summed E-state index contributed by atoms with van der Waals surface area (Å²) < 4.78 is 0. The van der Waals surface area contributed by atoms with Crippen molar-refractivity contribution >= 4 is 0 Å². The van der Waals surface area contributed by atoms with Crippen LogP contribution in [-0.2, 0) is 0 Å². The molecule has 0 aromatic rings. The lowest BCUT2D eigenvalue weighted by atomic mass is 9.93. The second kappa shape index (κ2) is 2.14. The maximum Gasteiger partial charge on any atom is 0.0682 e. The van der Waals surface area contributed by atoms with Crippen molar-refractivity contribution in [2.75, 3.05) is 0 Å². The molecule has 2 unspecified atom stereocenters. The first kappa shape index (κ1) is 6.81. The van der Waals surface area contributed by atoms with Gasteiger partial charge in [0.05, 0.1) is 5.60 Å². The summed E-state index contributed by atoms with van der Waals surface area (Å²) in [6, 6.07) is 0. The highest BCUT2D eigenvalue weighted by molar-refractivity contribution is 4.97. The predicted molar refractivity (Wildman–Crippen MR) is 38.2 cm³/mol. The molecule has 0 bridgehead atoms. The number of rotatable bonds is 1. The van der Waals surface area contributed by atoms with E-state index in [9.17, 15) is 5.11 Å². The summed E-state index contributed by atoms with van der Waals surface area (Å²) in [4.78, 5) is 0. The van der Waals surface area contributed by atoms with Gasteiger partial charge in [-0.15, -0.1) is 6.58 Å². The Morgan fingerprint density at radius 1 is 1.78 bits per heavy atom. The molecule has 0 radical (unpaired) electrons. The standard InChI is InChI=1S/C8H14O/c1-3-7-5-4-6-8(7,2)9/h3,7,9H,1,4-6H2,2H3. The van der Waals surface area contributed by atoms with Crippen molar-refractivity contribution in [3.8, 4) is 0 Å². The van der Waals surface area contributed by atoms with E-state index >= 15 is 0 Å². The molecule has 1 rings (SSSR count). The molecule has 1 saturated carbocycles. The summed E-state index contributed by atoms with van der Waals surface area (Å²) in [6.07, 6.45) is 5.05. The van der Waals surface area contributed by atoms with Gasteiger partial charge in [0.25, 0.3) is 0 Å². The predicted octanol–water partition coefficient (Wildman–Crippen LogP) is 1.72. The minimum absolute atomic E-state index is 0.331. The van der Waals surface area contributed by atoms with Gasteiger partial charge in [0.1, 0.15) is 0 Å². The van der Waals surface area contributed by atoms with Crippen molar-refractivity contribution in [2.24, 2.45) is 5.92 Å². The average molecular weight is 126 g/mol. The molecule has 0 saturated heterocycles. The molecule has 0 aromatic heterocycles. The molecule has 9 heavy (non-hydrogen) atoms. The van der Waals surface area contributed by atoms with E-state index in [1.807, 2.05) is 13.0 Å². The van der Waals surface area contributed by atoms with Crippen LogP contribution in [0.25, 0.3) is 0 Å². The van der Waals surface area contributed by atoms with E-state index in [0.29, 0.717) is 5.92 Å². The van der Waals surface area contributed by atoms with E-state index in [4.69, 9.17) is 0 Å². The Balaban J connectivity index is 2.62. The van der Waals surface area contributed by atoms with E-state index in [2.05, 4.69) is 6.58 Å². The average Bonchev–Trinajstić information content (AvgIpc) is 2.08. The summed E-state index contributed by atoms with van der Waals surface area (Å²) in [7, 11) is 0. The monoisotopic (exact) mass is 126 g/mol. The fourth-order valence-electron chi connectivity index (χ4n) is 1.55. The molecule has 1 fully saturated rings. The molecule has 0 aliphatic heterocycles. The third-order valence-electron chi connectivity index (χ3n) is 2.28. The first-order valence-corrected chi connectivity index (χ1v) is 3.52. The van der Waals surface area contributed by atoms with Crippen LogP contribution < -0.4 is 0 Å². The first-order valence-electron chi connectivity index (χ1n) is 3.52. The molecule has 2 atom stereocenters. The van der Waals surface area contributed by atoms with E-state index in [0.717, 1.165) is 19.3 Å². The molecular weight excluding hydrogens is 112 g/mol. The maximum atomic E-state index is 9.58. The Bertz CT molecular complexity index is 116. The smallest absolute Gasteiger partial charge is 0.0682 e. The van der Waals surface area contributed by atoms with Gasteiger partial charge < -0.3 is 5.11 Å². The van der Waals surface area contributed by atoms with E-state index in [1.165, 1.54) is 0 Å². The van der Waals surface area contributed by atoms with Gasteiger partial charge in [-0.1, -0.05) is 6.08 Å². The van der Waals surface area contributed by atoms with Crippen LogP contribution in [0.3, 0.4) is 0 Å². The molecular formula is C8H14O. The summed E-state index contributed by atoms with van der Waals surface area (Å²) in [5.74, 6) is 0.331. The third-order valence-corrected chi connectivity index (χ3v) is 2.28. The summed E-state index contributed by atoms with van der Waals surface area (Å²) >= 11 is 0. The quantitative estimate of drug-likeness (QED) is 0.530. The van der Waals surface area contributed by atoms with E-state index in [-0.39, 0.29) is 0 Å². The molecule has 1 nitrogen and oxygen atoms in total. The molecule has 1 aliphatic carbocycles.